The Labute approximate surface area is 327 Å². The van der Waals surface area contributed by atoms with Crippen LogP contribution in [0.15, 0.2) is 192 Å². The summed E-state index contributed by atoms with van der Waals surface area (Å²) < 4.78 is 6.52. The fourth-order valence-electron chi connectivity index (χ4n) is 8.78. The van der Waals surface area contributed by atoms with Gasteiger partial charge < -0.3 is 4.42 Å². The Morgan fingerprint density at radius 3 is 1.82 bits per heavy atom. The maximum absolute atomic E-state index is 6.52. The van der Waals surface area contributed by atoms with Gasteiger partial charge in [-0.2, -0.15) is 0 Å². The van der Waals surface area contributed by atoms with Crippen LogP contribution in [0.2, 0.25) is 0 Å². The van der Waals surface area contributed by atoms with E-state index in [1.807, 2.05) is 0 Å². The van der Waals surface area contributed by atoms with Gasteiger partial charge in [0.25, 0.3) is 0 Å². The third kappa shape index (κ3) is 5.04. The molecule has 0 atom stereocenters. The molecule has 4 heteroatoms. The highest BCUT2D eigenvalue weighted by Gasteiger charge is 2.21. The van der Waals surface area contributed by atoms with Crippen LogP contribution in [-0.2, 0) is 0 Å². The molecule has 57 heavy (non-hydrogen) atoms. The third-order valence-electron chi connectivity index (χ3n) is 11.5. The molecule has 0 saturated carbocycles. The van der Waals surface area contributed by atoms with Gasteiger partial charge in [-0.05, 0) is 90.3 Å². The van der Waals surface area contributed by atoms with E-state index in [1.54, 1.807) is 0 Å². The van der Waals surface area contributed by atoms with Gasteiger partial charge >= 0.3 is 0 Å². The fraction of sp³-hybridized carbons (Fsp3) is 0. The highest BCUT2D eigenvalue weighted by atomic mass is 16.3. The first kappa shape index (κ1) is 31.6. The number of hydrogen-bond donors (Lipinski definition) is 0. The zero-order chi connectivity index (χ0) is 37.5. The Bertz CT molecular complexity index is 3530. The van der Waals surface area contributed by atoms with E-state index in [-0.39, 0.29) is 0 Å². The summed E-state index contributed by atoms with van der Waals surface area (Å²) >= 11 is 0. The molecule has 0 spiro atoms. The van der Waals surface area contributed by atoms with Gasteiger partial charge in [-0.25, -0.2) is 15.0 Å². The van der Waals surface area contributed by atoms with Crippen LogP contribution in [0.1, 0.15) is 0 Å². The molecule has 0 aliphatic rings. The molecule has 0 fully saturated rings. The summed E-state index contributed by atoms with van der Waals surface area (Å²) in [6.07, 6.45) is 0. The number of aromatic nitrogens is 3. The van der Waals surface area contributed by atoms with Crippen molar-refractivity contribution in [2.24, 2.45) is 0 Å². The molecule has 0 amide bonds. The first-order valence-electron chi connectivity index (χ1n) is 19.3. The first-order valence-corrected chi connectivity index (χ1v) is 19.3. The fourth-order valence-corrected chi connectivity index (χ4v) is 8.78. The second-order valence-corrected chi connectivity index (χ2v) is 14.7. The molecular formula is C53H31N3O. The monoisotopic (exact) mass is 725 g/mol. The maximum atomic E-state index is 6.52. The first-order chi connectivity index (χ1) is 28.2. The predicted molar refractivity (Wildman–Crippen MR) is 235 cm³/mol. The van der Waals surface area contributed by atoms with E-state index in [0.717, 1.165) is 65.9 Å². The molecule has 264 valence electrons. The van der Waals surface area contributed by atoms with Crippen molar-refractivity contribution < 1.29 is 4.42 Å². The molecule has 4 nitrogen and oxygen atoms in total. The average molecular weight is 726 g/mol. The van der Waals surface area contributed by atoms with Crippen molar-refractivity contribution in [1.29, 1.82) is 0 Å². The minimum atomic E-state index is 0.621. The standard InChI is InChI=1S/C53H31N3O/c1-2-11-32(12-3-1)36-25-26-42-43-20-10-22-46-49(43)50-47(57-46)28-27-41(48(50)45(42)31-36)37-17-8-18-38(30-37)51-54-52(39-24-23-33-13-4-5-15-35(33)29-39)56-53(55-51)44-21-9-16-34-14-6-7-19-40(34)44/h1-31H. The van der Waals surface area contributed by atoms with Gasteiger partial charge in [0.1, 0.15) is 11.2 Å². The number of nitrogens with zero attached hydrogens (tertiary/aromatic N) is 3. The van der Waals surface area contributed by atoms with Crippen LogP contribution in [0.3, 0.4) is 0 Å². The van der Waals surface area contributed by atoms with Gasteiger partial charge in [0, 0.05) is 32.8 Å². The van der Waals surface area contributed by atoms with Crippen LogP contribution < -0.4 is 0 Å². The number of furan rings is 1. The quantitative estimate of drug-likeness (QED) is 0.166. The highest BCUT2D eigenvalue weighted by molar-refractivity contribution is 6.35. The van der Waals surface area contributed by atoms with E-state index in [0.29, 0.717) is 17.5 Å². The van der Waals surface area contributed by atoms with E-state index in [1.165, 1.54) is 38.1 Å². The molecule has 0 aliphatic carbocycles. The molecule has 0 unspecified atom stereocenters. The number of rotatable bonds is 5. The summed E-state index contributed by atoms with van der Waals surface area (Å²) in [6, 6.07) is 66.3. The second kappa shape index (κ2) is 12.4. The highest BCUT2D eigenvalue weighted by Crippen LogP contribution is 2.47. The number of hydrogen-bond acceptors (Lipinski definition) is 4. The van der Waals surface area contributed by atoms with Gasteiger partial charge in [0.05, 0.1) is 0 Å². The Kier molecular flexibility index (Phi) is 6.89. The lowest BCUT2D eigenvalue weighted by Crippen LogP contribution is -2.00. The Morgan fingerprint density at radius 1 is 0.281 bits per heavy atom. The lowest BCUT2D eigenvalue weighted by atomic mass is 9.88. The van der Waals surface area contributed by atoms with Crippen molar-refractivity contribution in [3.05, 3.63) is 188 Å². The average Bonchev–Trinajstić information content (AvgIpc) is 3.67. The largest absolute Gasteiger partial charge is 0.456 e. The van der Waals surface area contributed by atoms with Crippen molar-refractivity contribution in [1.82, 2.24) is 15.0 Å². The molecule has 12 rings (SSSR count). The van der Waals surface area contributed by atoms with Crippen LogP contribution in [0.5, 0.6) is 0 Å². The zero-order valence-corrected chi connectivity index (χ0v) is 30.6. The van der Waals surface area contributed by atoms with Crippen LogP contribution >= 0.6 is 0 Å². The summed E-state index contributed by atoms with van der Waals surface area (Å²) in [5.74, 6) is 1.90. The summed E-state index contributed by atoms with van der Waals surface area (Å²) in [5.41, 5.74) is 9.19. The molecule has 0 radical (unpaired) electrons. The van der Waals surface area contributed by atoms with Crippen LogP contribution in [0.25, 0.3) is 121 Å². The second-order valence-electron chi connectivity index (χ2n) is 14.7. The lowest BCUT2D eigenvalue weighted by molar-refractivity contribution is 0.669. The van der Waals surface area contributed by atoms with Crippen molar-refractivity contribution in [2.45, 2.75) is 0 Å². The molecule has 0 aliphatic heterocycles. The molecule has 2 aromatic heterocycles. The molecule has 0 saturated heterocycles. The van der Waals surface area contributed by atoms with Gasteiger partial charge in [-0.15, -0.1) is 0 Å². The predicted octanol–water partition coefficient (Wildman–Crippen LogP) is 14.2. The van der Waals surface area contributed by atoms with Crippen LogP contribution in [0.4, 0.5) is 0 Å². The Hall–Kier alpha value is -7.69. The van der Waals surface area contributed by atoms with E-state index in [9.17, 15) is 0 Å². The Morgan fingerprint density at radius 2 is 0.930 bits per heavy atom. The molecular weight excluding hydrogens is 695 g/mol. The number of benzene rings is 10. The third-order valence-corrected chi connectivity index (χ3v) is 11.5. The molecule has 0 bridgehead atoms. The summed E-state index contributed by atoms with van der Waals surface area (Å²) in [5, 5.41) is 11.6. The van der Waals surface area contributed by atoms with Crippen molar-refractivity contribution in [2.75, 3.05) is 0 Å². The summed E-state index contributed by atoms with van der Waals surface area (Å²) in [7, 11) is 0. The van der Waals surface area contributed by atoms with Crippen molar-refractivity contribution in [3.63, 3.8) is 0 Å². The van der Waals surface area contributed by atoms with E-state index < -0.39 is 0 Å². The Balaban J connectivity index is 1.09. The van der Waals surface area contributed by atoms with E-state index in [2.05, 4.69) is 188 Å². The van der Waals surface area contributed by atoms with Gasteiger partial charge in [-0.3, -0.25) is 0 Å². The normalized spacial score (nSPS) is 11.9. The van der Waals surface area contributed by atoms with Gasteiger partial charge in [-0.1, -0.05) is 158 Å². The zero-order valence-electron chi connectivity index (χ0n) is 30.6. The maximum Gasteiger partial charge on any atom is 0.164 e. The molecule has 12 aromatic rings. The van der Waals surface area contributed by atoms with Gasteiger partial charge in [0.2, 0.25) is 0 Å². The van der Waals surface area contributed by atoms with Crippen molar-refractivity contribution >= 4 is 65.0 Å². The molecule has 10 aromatic carbocycles. The van der Waals surface area contributed by atoms with E-state index >= 15 is 0 Å². The van der Waals surface area contributed by atoms with E-state index in [4.69, 9.17) is 19.4 Å². The SMILES string of the molecule is c1ccc(-c2ccc3c(c2)c2c(-c4cccc(-c5nc(-c6ccc7ccccc7c6)nc(-c6cccc7ccccc67)n5)c4)ccc4oc5cccc3c5c42)cc1. The molecule has 0 N–H and O–H groups in total. The topological polar surface area (TPSA) is 51.8 Å². The van der Waals surface area contributed by atoms with Crippen molar-refractivity contribution in [3.8, 4) is 56.4 Å². The number of fused-ring (bicyclic) bond motifs is 5. The summed E-state index contributed by atoms with van der Waals surface area (Å²) in [6.45, 7) is 0. The van der Waals surface area contributed by atoms with Crippen LogP contribution in [-0.4, -0.2) is 15.0 Å². The van der Waals surface area contributed by atoms with Gasteiger partial charge in [0.15, 0.2) is 17.5 Å². The minimum absolute atomic E-state index is 0.621. The molecule has 2 heterocycles. The minimum Gasteiger partial charge on any atom is -0.456 e. The lowest BCUT2D eigenvalue weighted by Gasteiger charge is -2.15. The smallest absolute Gasteiger partial charge is 0.164 e. The summed E-state index contributed by atoms with van der Waals surface area (Å²) in [4.78, 5) is 15.6. The van der Waals surface area contributed by atoms with Crippen LogP contribution in [0, 0.1) is 0 Å².